The minimum Gasteiger partial charge on any atom is -0.493 e. The zero-order valence-electron chi connectivity index (χ0n) is 13.1. The van der Waals surface area contributed by atoms with Crippen LogP contribution in [0, 0.1) is 0 Å². The van der Waals surface area contributed by atoms with Gasteiger partial charge in [0.15, 0.2) is 11.5 Å². The Kier molecular flexibility index (Phi) is 4.42. The molecule has 24 heavy (non-hydrogen) atoms. The van der Waals surface area contributed by atoms with Crippen molar-refractivity contribution in [3.63, 3.8) is 0 Å². The molecular formula is C17H15N3O4. The third-order valence-electron chi connectivity index (χ3n) is 3.43. The fourth-order valence-electron chi connectivity index (χ4n) is 2.22. The number of aromatic nitrogens is 2. The van der Waals surface area contributed by atoms with Gasteiger partial charge >= 0.3 is 0 Å². The first-order valence-corrected chi connectivity index (χ1v) is 7.11. The Hall–Kier alpha value is -3.35. The predicted molar refractivity (Wildman–Crippen MR) is 87.2 cm³/mol. The van der Waals surface area contributed by atoms with Crippen LogP contribution >= 0.6 is 0 Å². The van der Waals surface area contributed by atoms with Gasteiger partial charge in [-0.05, 0) is 29.8 Å². The normalized spacial score (nSPS) is 10.2. The number of nitrogens with zero attached hydrogens (tertiary/aromatic N) is 2. The lowest BCUT2D eigenvalue weighted by Crippen LogP contribution is -2.11. The average molecular weight is 325 g/mol. The Bertz CT molecular complexity index is 846. The summed E-state index contributed by atoms with van der Waals surface area (Å²) in [7, 11) is 3.12. The molecule has 2 aromatic heterocycles. The average Bonchev–Trinajstić information content (AvgIpc) is 3.09. The first-order valence-electron chi connectivity index (χ1n) is 7.11. The van der Waals surface area contributed by atoms with E-state index in [0.29, 0.717) is 22.6 Å². The van der Waals surface area contributed by atoms with Gasteiger partial charge in [-0.2, -0.15) is 0 Å². The van der Waals surface area contributed by atoms with E-state index in [4.69, 9.17) is 14.0 Å². The molecular weight excluding hydrogens is 310 g/mol. The second-order valence-corrected chi connectivity index (χ2v) is 4.83. The van der Waals surface area contributed by atoms with Gasteiger partial charge < -0.3 is 14.0 Å². The molecule has 7 heteroatoms. The first-order chi connectivity index (χ1) is 11.7. The summed E-state index contributed by atoms with van der Waals surface area (Å²) in [6.45, 7) is 0. The van der Waals surface area contributed by atoms with Gasteiger partial charge in [0.1, 0.15) is 0 Å². The van der Waals surface area contributed by atoms with Crippen molar-refractivity contribution in [2.24, 2.45) is 0 Å². The van der Waals surface area contributed by atoms with E-state index < -0.39 is 0 Å². The number of pyridine rings is 1. The Morgan fingerprint density at radius 3 is 2.54 bits per heavy atom. The summed E-state index contributed by atoms with van der Waals surface area (Å²) in [6, 6.07) is 8.61. The molecule has 0 spiro atoms. The highest BCUT2D eigenvalue weighted by atomic mass is 16.5. The number of benzene rings is 1. The first kappa shape index (κ1) is 15.5. The SMILES string of the molecule is COc1ccc(-c2cnoc2NC(=O)c2ccncc2)cc1OC. The standard InChI is InChI=1S/C17H15N3O4/c1-22-14-4-3-12(9-15(14)23-2)13-10-19-24-17(13)20-16(21)11-5-7-18-8-6-11/h3-10H,1-2H3,(H,20,21). The molecule has 0 fully saturated rings. The molecule has 0 bridgehead atoms. The Labute approximate surface area is 138 Å². The monoisotopic (exact) mass is 325 g/mol. The van der Waals surface area contributed by atoms with E-state index in [1.54, 1.807) is 50.9 Å². The maximum absolute atomic E-state index is 12.2. The van der Waals surface area contributed by atoms with Crippen LogP contribution < -0.4 is 14.8 Å². The van der Waals surface area contributed by atoms with Crippen molar-refractivity contribution in [2.75, 3.05) is 19.5 Å². The smallest absolute Gasteiger partial charge is 0.258 e. The molecule has 3 aromatic rings. The second kappa shape index (κ2) is 6.82. The molecule has 0 aliphatic heterocycles. The van der Waals surface area contributed by atoms with E-state index in [1.807, 2.05) is 6.07 Å². The predicted octanol–water partition coefficient (Wildman–Crippen LogP) is 3.01. The highest BCUT2D eigenvalue weighted by molar-refractivity contribution is 6.05. The van der Waals surface area contributed by atoms with E-state index in [-0.39, 0.29) is 11.8 Å². The molecule has 0 unspecified atom stereocenters. The van der Waals surface area contributed by atoms with Crippen LogP contribution in [0.4, 0.5) is 5.88 Å². The van der Waals surface area contributed by atoms with Gasteiger partial charge in [-0.3, -0.25) is 15.1 Å². The highest BCUT2D eigenvalue weighted by Gasteiger charge is 2.16. The summed E-state index contributed by atoms with van der Waals surface area (Å²) >= 11 is 0. The van der Waals surface area contributed by atoms with E-state index >= 15 is 0 Å². The molecule has 0 atom stereocenters. The molecule has 0 radical (unpaired) electrons. The number of rotatable bonds is 5. The molecule has 122 valence electrons. The van der Waals surface area contributed by atoms with Crippen molar-refractivity contribution >= 4 is 11.8 Å². The van der Waals surface area contributed by atoms with Crippen LogP contribution in [0.5, 0.6) is 11.5 Å². The Morgan fingerprint density at radius 2 is 1.83 bits per heavy atom. The van der Waals surface area contributed by atoms with Crippen molar-refractivity contribution in [2.45, 2.75) is 0 Å². The van der Waals surface area contributed by atoms with Gasteiger partial charge in [0.25, 0.3) is 5.91 Å². The second-order valence-electron chi connectivity index (χ2n) is 4.83. The molecule has 0 saturated carbocycles. The third-order valence-corrected chi connectivity index (χ3v) is 3.43. The van der Waals surface area contributed by atoms with Crippen LogP contribution in [0.15, 0.2) is 53.4 Å². The van der Waals surface area contributed by atoms with Gasteiger partial charge in [0.05, 0.1) is 26.0 Å². The summed E-state index contributed by atoms with van der Waals surface area (Å²) in [5.41, 5.74) is 1.89. The van der Waals surface area contributed by atoms with Crippen LogP contribution in [-0.4, -0.2) is 30.3 Å². The third kappa shape index (κ3) is 3.05. The van der Waals surface area contributed by atoms with Crippen molar-refractivity contribution in [1.82, 2.24) is 10.1 Å². The molecule has 0 aliphatic rings. The van der Waals surface area contributed by atoms with Gasteiger partial charge in [-0.25, -0.2) is 0 Å². The van der Waals surface area contributed by atoms with Crippen LogP contribution in [-0.2, 0) is 0 Å². The minimum absolute atomic E-state index is 0.254. The number of ether oxygens (including phenoxy) is 2. The van der Waals surface area contributed by atoms with E-state index in [9.17, 15) is 4.79 Å². The number of hydrogen-bond donors (Lipinski definition) is 1. The quantitative estimate of drug-likeness (QED) is 0.776. The van der Waals surface area contributed by atoms with E-state index in [1.165, 1.54) is 6.20 Å². The summed E-state index contributed by atoms with van der Waals surface area (Å²) < 4.78 is 15.7. The van der Waals surface area contributed by atoms with Crippen LogP contribution in [0.25, 0.3) is 11.1 Å². The van der Waals surface area contributed by atoms with Crippen molar-refractivity contribution in [1.29, 1.82) is 0 Å². The fraction of sp³-hybridized carbons (Fsp3) is 0.118. The molecule has 0 saturated heterocycles. The molecule has 2 heterocycles. The van der Waals surface area contributed by atoms with E-state index in [0.717, 1.165) is 5.56 Å². The van der Waals surface area contributed by atoms with Gasteiger partial charge in [-0.15, -0.1) is 0 Å². The number of carbonyl (C=O) groups is 1. The molecule has 1 aromatic carbocycles. The zero-order valence-corrected chi connectivity index (χ0v) is 13.1. The summed E-state index contributed by atoms with van der Waals surface area (Å²) in [4.78, 5) is 16.1. The van der Waals surface area contributed by atoms with Gasteiger partial charge in [0.2, 0.25) is 5.88 Å². The number of carbonyl (C=O) groups excluding carboxylic acids is 1. The highest BCUT2D eigenvalue weighted by Crippen LogP contribution is 2.35. The number of methoxy groups -OCH3 is 2. The molecule has 7 nitrogen and oxygen atoms in total. The number of nitrogens with one attached hydrogen (secondary N) is 1. The van der Waals surface area contributed by atoms with Crippen LogP contribution in [0.2, 0.25) is 0 Å². The van der Waals surface area contributed by atoms with Gasteiger partial charge in [-0.1, -0.05) is 11.2 Å². The summed E-state index contributed by atoms with van der Waals surface area (Å²) in [5.74, 6) is 1.13. The zero-order chi connectivity index (χ0) is 16.9. The fourth-order valence-corrected chi connectivity index (χ4v) is 2.22. The van der Waals surface area contributed by atoms with Crippen molar-refractivity contribution in [3.05, 3.63) is 54.5 Å². The number of anilines is 1. The lowest BCUT2D eigenvalue weighted by Gasteiger charge is -2.09. The molecule has 3 rings (SSSR count). The molecule has 1 N–H and O–H groups in total. The maximum Gasteiger partial charge on any atom is 0.258 e. The maximum atomic E-state index is 12.2. The molecule has 0 aliphatic carbocycles. The largest absolute Gasteiger partial charge is 0.493 e. The lowest BCUT2D eigenvalue weighted by molar-refractivity contribution is 0.102. The topological polar surface area (TPSA) is 86.5 Å². The summed E-state index contributed by atoms with van der Waals surface area (Å²) in [6.07, 6.45) is 4.62. The number of amides is 1. The van der Waals surface area contributed by atoms with Crippen molar-refractivity contribution in [3.8, 4) is 22.6 Å². The number of hydrogen-bond acceptors (Lipinski definition) is 6. The minimum atomic E-state index is -0.309. The van der Waals surface area contributed by atoms with Gasteiger partial charge in [0, 0.05) is 18.0 Å². The molecule has 1 amide bonds. The Balaban J connectivity index is 1.89. The Morgan fingerprint density at radius 1 is 1.08 bits per heavy atom. The van der Waals surface area contributed by atoms with Crippen LogP contribution in [0.3, 0.4) is 0 Å². The van der Waals surface area contributed by atoms with Crippen LogP contribution in [0.1, 0.15) is 10.4 Å². The lowest BCUT2D eigenvalue weighted by atomic mass is 10.1. The van der Waals surface area contributed by atoms with Crippen molar-refractivity contribution < 1.29 is 18.8 Å². The van der Waals surface area contributed by atoms with E-state index in [2.05, 4.69) is 15.5 Å². The summed E-state index contributed by atoms with van der Waals surface area (Å²) in [5, 5.41) is 6.47.